The molecular weight excluding hydrogens is 298 g/mol. The van der Waals surface area contributed by atoms with Gasteiger partial charge in [-0.3, -0.25) is 9.18 Å². The first kappa shape index (κ1) is 9.36. The molecule has 22 heavy (non-hydrogen) atoms. The average Bonchev–Trinajstić information content (AvgIpc) is 2.75. The van der Waals surface area contributed by atoms with E-state index < -0.39 is 37.7 Å². The number of carbonyl (C=O) groups is 1. The average molecular weight is 334 g/mol. The van der Waals surface area contributed by atoms with Gasteiger partial charge in [0.25, 0.3) is 5.91 Å². The van der Waals surface area contributed by atoms with Crippen molar-refractivity contribution < 1.29 is 20.2 Å². The highest BCUT2D eigenvalue weighted by molar-refractivity contribution is 7.09. The van der Waals surface area contributed by atoms with Gasteiger partial charge in [-0.25, -0.2) is 0 Å². The minimum Gasteiger partial charge on any atom is -0.321 e. The number of rotatable bonds is 5. The fraction of sp³-hybridized carbons (Fsp3) is 0.765. The van der Waals surface area contributed by atoms with Gasteiger partial charge in [-0.05, 0) is 37.4 Å². The summed E-state index contributed by atoms with van der Waals surface area (Å²) in [4.78, 5) is 17.2. The maximum absolute atomic E-state index is 13.9. The first-order valence-corrected chi connectivity index (χ1v) is 7.85. The predicted octanol–water partition coefficient (Wildman–Crippen LogP) is 4.03. The molecular formula is C17H27FN2OS. The Bertz CT molecular complexity index is 929. The SMILES string of the molecule is [2H]C([2H])([18F])C([2H])([2H])C([2H])([2H])C([2H])([2H])n1c(C)c(C)sc1=NC(=O)C1C(C)(C)C1(C)C. The van der Waals surface area contributed by atoms with Crippen molar-refractivity contribution in [2.45, 2.75) is 60.8 Å². The van der Waals surface area contributed by atoms with E-state index in [1.54, 1.807) is 6.92 Å². The second-order valence-electron chi connectivity index (χ2n) is 6.64. The Labute approximate surface area is 147 Å². The van der Waals surface area contributed by atoms with E-state index >= 15 is 0 Å². The lowest BCUT2D eigenvalue weighted by Gasteiger charge is -2.05. The standard InChI is InChI=1S/C17H27FN2OS/c1-11-12(2)22-15(20(11)10-8-7-9-18)19-14(21)13-16(3,4)17(13,5)6/h13H,7-10H2,1-6H3/i7D2,8D2,9D2,10D2,18-1. The van der Waals surface area contributed by atoms with Crippen molar-refractivity contribution in [2.75, 3.05) is 6.63 Å². The van der Waals surface area contributed by atoms with E-state index in [0.29, 0.717) is 4.88 Å². The number of amides is 1. The summed E-state index contributed by atoms with van der Waals surface area (Å²) >= 11 is 0.935. The molecule has 1 aromatic rings. The number of alkyl halides is 1. The molecule has 124 valence electrons. The van der Waals surface area contributed by atoms with Gasteiger partial charge in [0.05, 0.1) is 15.3 Å². The maximum Gasteiger partial charge on any atom is 0.252 e. The Morgan fingerprint density at radius 2 is 1.91 bits per heavy atom. The van der Waals surface area contributed by atoms with E-state index in [1.807, 2.05) is 27.7 Å². The zero-order chi connectivity index (χ0) is 23.9. The molecule has 1 aliphatic rings. The van der Waals surface area contributed by atoms with E-state index in [9.17, 15) is 9.18 Å². The summed E-state index contributed by atoms with van der Waals surface area (Å²) in [6, 6.07) is 0. The minimum atomic E-state index is -4.15. The Hall–Kier alpha value is -0.970. The van der Waals surface area contributed by atoms with Gasteiger partial charge < -0.3 is 4.57 Å². The Kier molecular flexibility index (Phi) is 2.51. The first-order valence-electron chi connectivity index (χ1n) is 11.0. The zero-order valence-corrected chi connectivity index (χ0v) is 14.5. The molecule has 0 unspecified atom stereocenters. The van der Waals surface area contributed by atoms with Gasteiger partial charge in [0.2, 0.25) is 0 Å². The highest BCUT2D eigenvalue weighted by Gasteiger charge is 2.68. The van der Waals surface area contributed by atoms with Crippen LogP contribution < -0.4 is 4.80 Å². The molecule has 1 heterocycles. The largest absolute Gasteiger partial charge is 0.321 e. The number of aryl methyl sites for hydroxylation is 1. The van der Waals surface area contributed by atoms with Crippen molar-refractivity contribution in [3.05, 3.63) is 15.4 Å². The lowest BCUT2D eigenvalue weighted by Crippen LogP contribution is -2.20. The summed E-state index contributed by atoms with van der Waals surface area (Å²) in [6.07, 6.45) is -7.48. The zero-order valence-electron chi connectivity index (χ0n) is 21.7. The van der Waals surface area contributed by atoms with Gasteiger partial charge in [0, 0.05) is 25.3 Å². The van der Waals surface area contributed by atoms with Gasteiger partial charge in [0.1, 0.15) is 0 Å². The molecule has 0 saturated heterocycles. The van der Waals surface area contributed by atoms with Crippen LogP contribution in [0.2, 0.25) is 0 Å². The highest BCUT2D eigenvalue weighted by atomic mass is 32.1. The predicted molar refractivity (Wildman–Crippen MR) is 88.6 cm³/mol. The topological polar surface area (TPSA) is 34.4 Å². The third-order valence-electron chi connectivity index (χ3n) is 5.03. The quantitative estimate of drug-likeness (QED) is 0.801. The van der Waals surface area contributed by atoms with Crippen molar-refractivity contribution in [3.63, 3.8) is 0 Å². The second-order valence-corrected chi connectivity index (χ2v) is 7.83. The Morgan fingerprint density at radius 3 is 2.41 bits per heavy atom. The number of aromatic nitrogens is 1. The molecule has 0 spiro atoms. The van der Waals surface area contributed by atoms with Gasteiger partial charge in [0.15, 0.2) is 4.80 Å². The molecule has 1 saturated carbocycles. The lowest BCUT2D eigenvalue weighted by molar-refractivity contribution is -0.120. The molecule has 1 aromatic heterocycles. The smallest absolute Gasteiger partial charge is 0.252 e. The van der Waals surface area contributed by atoms with Gasteiger partial charge >= 0.3 is 0 Å². The summed E-state index contributed by atoms with van der Waals surface area (Å²) in [5.74, 6) is -0.921. The van der Waals surface area contributed by atoms with E-state index in [-0.39, 0.29) is 21.3 Å². The summed E-state index contributed by atoms with van der Waals surface area (Å²) in [5, 5.41) is 0. The number of nitrogens with zero attached hydrogens (tertiary/aromatic N) is 2. The van der Waals surface area contributed by atoms with Crippen LogP contribution in [0.15, 0.2) is 4.99 Å². The van der Waals surface area contributed by atoms with E-state index in [0.717, 1.165) is 15.9 Å². The van der Waals surface area contributed by atoms with Gasteiger partial charge in [-0.1, -0.05) is 27.7 Å². The maximum atomic E-state index is 13.9. The van der Waals surface area contributed by atoms with E-state index in [4.69, 9.17) is 11.0 Å². The first-order chi connectivity index (χ1) is 13.1. The fourth-order valence-corrected chi connectivity index (χ4v) is 3.76. The third-order valence-corrected chi connectivity index (χ3v) is 6.09. The summed E-state index contributed by atoms with van der Waals surface area (Å²) in [5.41, 5.74) is -0.463. The molecule has 0 atom stereocenters. The van der Waals surface area contributed by atoms with Crippen LogP contribution in [0.5, 0.6) is 0 Å². The highest BCUT2D eigenvalue weighted by Crippen LogP contribution is 2.68. The van der Waals surface area contributed by atoms with Crippen LogP contribution in [0.1, 0.15) is 62.0 Å². The van der Waals surface area contributed by atoms with Crippen LogP contribution in [0.3, 0.4) is 0 Å². The van der Waals surface area contributed by atoms with Crippen molar-refractivity contribution in [3.8, 4) is 0 Å². The van der Waals surface area contributed by atoms with Crippen LogP contribution >= 0.6 is 11.3 Å². The summed E-state index contributed by atoms with van der Waals surface area (Å²) in [7, 11) is 0. The Morgan fingerprint density at radius 1 is 1.32 bits per heavy atom. The van der Waals surface area contributed by atoms with Crippen molar-refractivity contribution in [1.82, 2.24) is 4.57 Å². The molecule has 1 amide bonds. The third kappa shape index (κ3) is 2.80. The molecule has 2 rings (SSSR count). The van der Waals surface area contributed by atoms with Gasteiger partial charge in [-0.2, -0.15) is 4.99 Å². The molecule has 0 radical (unpaired) electrons. The van der Waals surface area contributed by atoms with Crippen molar-refractivity contribution in [2.24, 2.45) is 21.7 Å². The Balaban J connectivity index is 2.68. The molecule has 5 heteroatoms. The fourth-order valence-electron chi connectivity index (χ4n) is 2.84. The van der Waals surface area contributed by atoms with Crippen LogP contribution in [0.4, 0.5) is 4.39 Å². The molecule has 1 fully saturated rings. The van der Waals surface area contributed by atoms with Crippen LogP contribution in [0.25, 0.3) is 0 Å². The number of carbonyl (C=O) groups excluding carboxylic acids is 1. The minimum absolute atomic E-state index is 0.183. The molecule has 1 aliphatic carbocycles. The second kappa shape index (κ2) is 5.91. The van der Waals surface area contributed by atoms with E-state index in [1.165, 1.54) is 6.92 Å². The molecule has 0 bridgehead atoms. The molecule has 0 aliphatic heterocycles. The van der Waals surface area contributed by atoms with Crippen LogP contribution in [0, 0.1) is 30.6 Å². The van der Waals surface area contributed by atoms with Crippen molar-refractivity contribution >= 4 is 17.2 Å². The summed E-state index contributed by atoms with van der Waals surface area (Å²) in [6.45, 7) is 3.32. The number of hydrogen-bond acceptors (Lipinski definition) is 2. The van der Waals surface area contributed by atoms with Gasteiger partial charge in [-0.15, -0.1) is 11.3 Å². The van der Waals surface area contributed by atoms with Crippen LogP contribution in [-0.2, 0) is 11.3 Å². The monoisotopic (exact) mass is 333 g/mol. The molecule has 0 N–H and O–H groups in total. The number of hydrogen-bond donors (Lipinski definition) is 0. The van der Waals surface area contributed by atoms with E-state index in [2.05, 4.69) is 4.99 Å². The number of thiazole rings is 1. The van der Waals surface area contributed by atoms with Crippen molar-refractivity contribution in [1.29, 1.82) is 0 Å². The number of halogens is 1. The molecule has 3 nitrogen and oxygen atoms in total. The normalized spacial score (nSPS) is 28.4. The van der Waals surface area contributed by atoms with Crippen LogP contribution in [-0.4, -0.2) is 17.1 Å². The summed E-state index contributed by atoms with van der Waals surface area (Å²) < 4.78 is 76.7. The molecule has 0 aromatic carbocycles. The lowest BCUT2D eigenvalue weighted by atomic mass is 10.0.